The average molecular weight is 460 g/mol. The Morgan fingerprint density at radius 1 is 1.06 bits per heavy atom. The molecule has 0 aliphatic carbocycles. The van der Waals surface area contributed by atoms with E-state index in [0.29, 0.717) is 39.7 Å². The van der Waals surface area contributed by atoms with E-state index in [1.807, 2.05) is 23.6 Å². The summed E-state index contributed by atoms with van der Waals surface area (Å²) in [6, 6.07) is 14.1. The molecule has 1 heterocycles. The van der Waals surface area contributed by atoms with Gasteiger partial charge in [0.2, 0.25) is 11.8 Å². The molecule has 8 nitrogen and oxygen atoms in total. The fraction of sp³-hybridized carbons (Fsp3) is 0.238. The van der Waals surface area contributed by atoms with E-state index >= 15 is 0 Å². The third-order valence-electron chi connectivity index (χ3n) is 4.27. The molecule has 0 fully saturated rings. The average Bonchev–Trinajstić information content (AvgIpc) is 3.15. The first kappa shape index (κ1) is 22.6. The summed E-state index contributed by atoms with van der Waals surface area (Å²) in [5.74, 6) is 0.858. The van der Waals surface area contributed by atoms with E-state index in [-0.39, 0.29) is 24.0 Å². The molecule has 2 amide bonds. The van der Waals surface area contributed by atoms with Crippen LogP contribution in [0.15, 0.2) is 53.7 Å². The number of hydrogen-bond acceptors (Lipinski definition) is 6. The Hall–Kier alpha value is -3.04. The van der Waals surface area contributed by atoms with Gasteiger partial charge in [-0.05, 0) is 43.3 Å². The number of amides is 2. The third kappa shape index (κ3) is 6.22. The second-order valence-electron chi connectivity index (χ2n) is 6.41. The molecule has 10 heteroatoms. The molecule has 0 bridgehead atoms. The van der Waals surface area contributed by atoms with Crippen LogP contribution < -0.4 is 15.4 Å². The molecular weight excluding hydrogens is 438 g/mol. The third-order valence-corrected chi connectivity index (χ3v) is 5.49. The number of anilines is 2. The summed E-state index contributed by atoms with van der Waals surface area (Å²) >= 11 is 7.11. The van der Waals surface area contributed by atoms with E-state index in [9.17, 15) is 9.59 Å². The maximum atomic E-state index is 12.5. The molecule has 0 saturated carbocycles. The van der Waals surface area contributed by atoms with Gasteiger partial charge in [-0.1, -0.05) is 35.5 Å². The van der Waals surface area contributed by atoms with Gasteiger partial charge in [-0.2, -0.15) is 0 Å². The molecule has 1 aromatic heterocycles. The summed E-state index contributed by atoms with van der Waals surface area (Å²) in [4.78, 5) is 24.7. The van der Waals surface area contributed by atoms with Crippen LogP contribution in [0.5, 0.6) is 5.75 Å². The van der Waals surface area contributed by atoms with Crippen molar-refractivity contribution in [1.29, 1.82) is 0 Å². The molecule has 0 spiro atoms. The van der Waals surface area contributed by atoms with Gasteiger partial charge in [0.25, 0.3) is 0 Å². The molecule has 0 atom stereocenters. The molecule has 2 N–H and O–H groups in total. The fourth-order valence-corrected chi connectivity index (χ4v) is 3.77. The van der Waals surface area contributed by atoms with Gasteiger partial charge in [0.05, 0.1) is 25.0 Å². The van der Waals surface area contributed by atoms with E-state index in [1.165, 1.54) is 11.8 Å². The van der Waals surface area contributed by atoms with Crippen molar-refractivity contribution in [3.63, 3.8) is 0 Å². The zero-order valence-electron chi connectivity index (χ0n) is 17.1. The first-order chi connectivity index (χ1) is 15.0. The SMILES string of the molecule is CCn1c(CC(=O)Nc2ccccc2OC)nnc1SCC(=O)Nc1ccc(Cl)cc1. The van der Waals surface area contributed by atoms with Crippen molar-refractivity contribution >= 4 is 46.6 Å². The molecule has 162 valence electrons. The number of hydrogen-bond donors (Lipinski definition) is 2. The summed E-state index contributed by atoms with van der Waals surface area (Å²) in [6.07, 6.45) is 0.0520. The van der Waals surface area contributed by atoms with Crippen molar-refractivity contribution in [2.75, 3.05) is 23.5 Å². The number of carbonyl (C=O) groups is 2. The fourth-order valence-electron chi connectivity index (χ4n) is 2.82. The van der Waals surface area contributed by atoms with Gasteiger partial charge in [0, 0.05) is 17.3 Å². The molecule has 31 heavy (non-hydrogen) atoms. The first-order valence-corrected chi connectivity index (χ1v) is 10.9. The van der Waals surface area contributed by atoms with Gasteiger partial charge in [-0.25, -0.2) is 0 Å². The highest BCUT2D eigenvalue weighted by atomic mass is 35.5. The van der Waals surface area contributed by atoms with Crippen molar-refractivity contribution in [2.45, 2.75) is 25.0 Å². The maximum Gasteiger partial charge on any atom is 0.234 e. The van der Waals surface area contributed by atoms with Crippen molar-refractivity contribution in [3.8, 4) is 5.75 Å². The molecule has 0 unspecified atom stereocenters. The molecule has 0 aliphatic heterocycles. The Morgan fingerprint density at radius 2 is 1.81 bits per heavy atom. The number of nitrogens with zero attached hydrogens (tertiary/aromatic N) is 3. The quantitative estimate of drug-likeness (QED) is 0.471. The topological polar surface area (TPSA) is 98.1 Å². The highest BCUT2D eigenvalue weighted by Crippen LogP contribution is 2.23. The minimum Gasteiger partial charge on any atom is -0.495 e. The van der Waals surface area contributed by atoms with Gasteiger partial charge in [0.1, 0.15) is 11.6 Å². The number of methoxy groups -OCH3 is 1. The molecule has 3 aromatic rings. The Bertz CT molecular complexity index is 1060. The van der Waals surface area contributed by atoms with Crippen molar-refractivity contribution < 1.29 is 14.3 Å². The molecule has 0 aliphatic rings. The number of nitrogens with one attached hydrogen (secondary N) is 2. The van der Waals surface area contributed by atoms with Crippen molar-refractivity contribution in [3.05, 3.63) is 59.4 Å². The van der Waals surface area contributed by atoms with Gasteiger partial charge < -0.3 is 19.9 Å². The van der Waals surface area contributed by atoms with Gasteiger partial charge in [0.15, 0.2) is 5.16 Å². The first-order valence-electron chi connectivity index (χ1n) is 9.53. The van der Waals surface area contributed by atoms with Gasteiger partial charge in [-0.15, -0.1) is 10.2 Å². The second kappa shape index (κ2) is 10.8. The zero-order chi connectivity index (χ0) is 22.2. The van der Waals surface area contributed by atoms with Crippen LogP contribution in [-0.4, -0.2) is 39.4 Å². The number of carbonyl (C=O) groups excluding carboxylic acids is 2. The summed E-state index contributed by atoms with van der Waals surface area (Å²) in [7, 11) is 1.55. The summed E-state index contributed by atoms with van der Waals surface area (Å²) in [5, 5.41) is 15.1. The van der Waals surface area contributed by atoms with Crippen molar-refractivity contribution in [2.24, 2.45) is 0 Å². The Kier molecular flexibility index (Phi) is 7.91. The Labute approximate surface area is 189 Å². The van der Waals surface area contributed by atoms with E-state index in [0.717, 1.165) is 0 Å². The number of thioether (sulfide) groups is 1. The van der Waals surface area contributed by atoms with Gasteiger partial charge >= 0.3 is 0 Å². The molecule has 0 saturated heterocycles. The lowest BCUT2D eigenvalue weighted by Crippen LogP contribution is -2.18. The van der Waals surface area contributed by atoms with Crippen LogP contribution in [0, 0.1) is 0 Å². The smallest absolute Gasteiger partial charge is 0.234 e. The maximum absolute atomic E-state index is 12.5. The lowest BCUT2D eigenvalue weighted by molar-refractivity contribution is -0.116. The van der Waals surface area contributed by atoms with Crippen LogP contribution in [-0.2, 0) is 22.6 Å². The molecule has 3 rings (SSSR count). The van der Waals surface area contributed by atoms with Gasteiger partial charge in [-0.3, -0.25) is 9.59 Å². The van der Waals surface area contributed by atoms with Crippen molar-refractivity contribution in [1.82, 2.24) is 14.8 Å². The predicted molar refractivity (Wildman–Crippen MR) is 122 cm³/mol. The zero-order valence-corrected chi connectivity index (χ0v) is 18.7. The second-order valence-corrected chi connectivity index (χ2v) is 7.79. The van der Waals surface area contributed by atoms with E-state index in [1.54, 1.807) is 43.5 Å². The lowest BCUT2D eigenvalue weighted by atomic mass is 10.2. The highest BCUT2D eigenvalue weighted by Gasteiger charge is 2.17. The lowest BCUT2D eigenvalue weighted by Gasteiger charge is -2.10. The summed E-state index contributed by atoms with van der Waals surface area (Å²) < 4.78 is 7.07. The number of halogens is 1. The monoisotopic (exact) mass is 459 g/mol. The summed E-state index contributed by atoms with van der Waals surface area (Å²) in [5.41, 5.74) is 1.26. The summed E-state index contributed by atoms with van der Waals surface area (Å²) in [6.45, 7) is 2.51. The Balaban J connectivity index is 1.59. The number of para-hydroxylation sites is 2. The molecule has 0 radical (unpaired) electrons. The van der Waals surface area contributed by atoms with Crippen LogP contribution >= 0.6 is 23.4 Å². The minimum absolute atomic E-state index is 0.0520. The predicted octanol–water partition coefficient (Wildman–Crippen LogP) is 3.87. The normalized spacial score (nSPS) is 10.5. The largest absolute Gasteiger partial charge is 0.495 e. The number of aromatic nitrogens is 3. The highest BCUT2D eigenvalue weighted by molar-refractivity contribution is 7.99. The molecular formula is C21H22ClN5O3S. The standard InChI is InChI=1S/C21H22ClN5O3S/c1-3-27-18(12-19(28)24-16-6-4-5-7-17(16)30-2)25-26-21(27)31-13-20(29)23-15-10-8-14(22)9-11-15/h4-11H,3,12-13H2,1-2H3,(H,23,29)(H,24,28). The number of benzene rings is 2. The van der Waals surface area contributed by atoms with E-state index < -0.39 is 0 Å². The number of ether oxygens (including phenoxy) is 1. The molecule has 2 aromatic carbocycles. The van der Waals surface area contributed by atoms with Crippen LogP contribution in [0.1, 0.15) is 12.7 Å². The Morgan fingerprint density at radius 3 is 2.52 bits per heavy atom. The number of rotatable bonds is 9. The van der Waals surface area contributed by atoms with Crippen LogP contribution in [0.25, 0.3) is 0 Å². The van der Waals surface area contributed by atoms with E-state index in [2.05, 4.69) is 20.8 Å². The van der Waals surface area contributed by atoms with Crippen LogP contribution in [0.3, 0.4) is 0 Å². The van der Waals surface area contributed by atoms with Crippen LogP contribution in [0.4, 0.5) is 11.4 Å². The van der Waals surface area contributed by atoms with E-state index in [4.69, 9.17) is 16.3 Å². The van der Waals surface area contributed by atoms with Crippen LogP contribution in [0.2, 0.25) is 5.02 Å². The minimum atomic E-state index is -0.233.